The van der Waals surface area contributed by atoms with Gasteiger partial charge >= 0.3 is 0 Å². The van der Waals surface area contributed by atoms with Crippen molar-refractivity contribution in [2.75, 3.05) is 0 Å². The molecule has 4 aliphatic carbocycles. The van der Waals surface area contributed by atoms with Crippen molar-refractivity contribution in [2.24, 2.45) is 28.6 Å². The van der Waals surface area contributed by atoms with E-state index in [1.165, 1.54) is 6.92 Å². The number of carbonyl (C=O) groups is 1. The maximum absolute atomic E-state index is 11.7. The lowest BCUT2D eigenvalue weighted by molar-refractivity contribution is -0.201. The molecule has 29 heavy (non-hydrogen) atoms. The molecule has 1 spiro atoms. The first kappa shape index (κ1) is 23.1. The first-order valence-corrected chi connectivity index (χ1v) is 10.8. The van der Waals surface area contributed by atoms with Gasteiger partial charge in [-0.25, -0.2) is 0 Å². The summed E-state index contributed by atoms with van der Waals surface area (Å²) in [4.78, 5) is 8.81. The second-order valence-electron chi connectivity index (χ2n) is 11.0. The highest BCUT2D eigenvalue weighted by atomic mass is 16.4. The van der Waals surface area contributed by atoms with Crippen LogP contribution in [0.4, 0.5) is 0 Å². The van der Waals surface area contributed by atoms with Crippen molar-refractivity contribution in [1.82, 2.24) is 0 Å². The minimum absolute atomic E-state index is 0.116. The quantitative estimate of drug-likeness (QED) is 0.315. The summed E-state index contributed by atoms with van der Waals surface area (Å²) in [6.45, 7) is 8.32. The average molecular weight is 415 g/mol. The van der Waals surface area contributed by atoms with Gasteiger partial charge in [0.15, 0.2) is 0 Å². The van der Waals surface area contributed by atoms with Crippen LogP contribution >= 0.6 is 0 Å². The lowest BCUT2D eigenvalue weighted by Crippen LogP contribution is -2.60. The Morgan fingerprint density at radius 3 is 2.00 bits per heavy atom. The van der Waals surface area contributed by atoms with Gasteiger partial charge in [-0.05, 0) is 58.8 Å². The Kier molecular flexibility index (Phi) is 5.35. The van der Waals surface area contributed by atoms with Gasteiger partial charge in [-0.3, -0.25) is 0 Å². The van der Waals surface area contributed by atoms with Crippen molar-refractivity contribution < 1.29 is 35.4 Å². The third-order valence-corrected chi connectivity index (χ3v) is 9.26. The molecule has 2 bridgehead atoms. The predicted octanol–water partition coefficient (Wildman–Crippen LogP) is 0.373. The molecule has 7 nitrogen and oxygen atoms in total. The lowest BCUT2D eigenvalue weighted by atomic mass is 9.57. The smallest absolute Gasteiger partial charge is 0.116 e. The average Bonchev–Trinajstić information content (AvgIpc) is 2.80. The summed E-state index contributed by atoms with van der Waals surface area (Å²) in [5, 5.41) is 67.1. The van der Waals surface area contributed by atoms with Gasteiger partial charge in [0, 0.05) is 22.7 Å². The Balaban J connectivity index is 0.000000755. The van der Waals surface area contributed by atoms with E-state index in [0.29, 0.717) is 19.3 Å². The molecule has 0 heterocycles. The zero-order chi connectivity index (χ0) is 22.2. The van der Waals surface area contributed by atoms with Gasteiger partial charge in [0.25, 0.3) is 0 Å². The number of hydrogen-bond donors (Lipinski definition) is 6. The van der Waals surface area contributed by atoms with E-state index in [0.717, 1.165) is 6.29 Å². The first-order chi connectivity index (χ1) is 13.1. The number of carbonyl (C=O) groups excluding carboxylic acids is 1. The summed E-state index contributed by atoms with van der Waals surface area (Å²) >= 11 is 0. The zero-order valence-corrected chi connectivity index (χ0v) is 18.2. The largest absolute Gasteiger partial charge is 0.392 e. The Morgan fingerprint density at radius 1 is 0.897 bits per heavy atom. The van der Waals surface area contributed by atoms with Crippen LogP contribution in [-0.4, -0.2) is 72.0 Å². The molecule has 0 radical (unpaired) electrons. The predicted molar refractivity (Wildman–Crippen MR) is 106 cm³/mol. The van der Waals surface area contributed by atoms with Crippen molar-refractivity contribution in [3.05, 3.63) is 0 Å². The van der Waals surface area contributed by atoms with Gasteiger partial charge < -0.3 is 35.4 Å². The number of hydrogen-bond acceptors (Lipinski definition) is 7. The van der Waals surface area contributed by atoms with Crippen molar-refractivity contribution in [1.29, 1.82) is 0 Å². The third-order valence-electron chi connectivity index (χ3n) is 9.26. The number of aldehydes is 1. The second kappa shape index (κ2) is 6.71. The molecule has 0 aromatic carbocycles. The van der Waals surface area contributed by atoms with E-state index < -0.39 is 51.9 Å². The Labute approximate surface area is 172 Å². The van der Waals surface area contributed by atoms with Crippen LogP contribution in [0.15, 0.2) is 0 Å². The Bertz CT molecular complexity index is 660. The minimum atomic E-state index is -1.66. The van der Waals surface area contributed by atoms with Crippen LogP contribution in [0, 0.1) is 28.6 Å². The SMILES string of the molecule is CC1(O)C[C@@]23C[C@@H](O)[C@@]4(O)[C@@H](C[C@H](O)C4(C)C)[C@](C)(O)[C@@H]2CCC1[C@H]3O.CC=O. The monoisotopic (exact) mass is 414 g/mol. The molecule has 4 fully saturated rings. The number of aliphatic hydroxyl groups excluding tert-OH is 3. The Morgan fingerprint density at radius 2 is 1.45 bits per heavy atom. The van der Waals surface area contributed by atoms with Crippen molar-refractivity contribution in [3.63, 3.8) is 0 Å². The van der Waals surface area contributed by atoms with E-state index in [1.54, 1.807) is 27.7 Å². The Hall–Kier alpha value is -0.570. The molecule has 7 heteroatoms. The third kappa shape index (κ3) is 2.74. The molecular weight excluding hydrogens is 376 g/mol. The van der Waals surface area contributed by atoms with Crippen LogP contribution in [0.1, 0.15) is 66.7 Å². The van der Waals surface area contributed by atoms with E-state index >= 15 is 0 Å². The van der Waals surface area contributed by atoms with Gasteiger partial charge in [0.1, 0.15) is 11.9 Å². The fourth-order valence-corrected chi connectivity index (χ4v) is 7.80. The van der Waals surface area contributed by atoms with E-state index in [1.807, 2.05) is 0 Å². The van der Waals surface area contributed by atoms with Crippen molar-refractivity contribution >= 4 is 6.29 Å². The molecule has 4 aliphatic rings. The van der Waals surface area contributed by atoms with Crippen LogP contribution < -0.4 is 0 Å². The highest BCUT2D eigenvalue weighted by molar-refractivity contribution is 5.44. The fraction of sp³-hybridized carbons (Fsp3) is 0.955. The van der Waals surface area contributed by atoms with Crippen LogP contribution in [-0.2, 0) is 4.79 Å². The number of aliphatic hydroxyl groups is 6. The van der Waals surface area contributed by atoms with Gasteiger partial charge in [-0.2, -0.15) is 0 Å². The summed E-state index contributed by atoms with van der Waals surface area (Å²) in [6, 6.07) is 0. The van der Waals surface area contributed by atoms with Gasteiger partial charge in [-0.15, -0.1) is 0 Å². The molecule has 0 aromatic rings. The minimum Gasteiger partial charge on any atom is -0.392 e. The molecule has 6 N–H and O–H groups in total. The van der Waals surface area contributed by atoms with E-state index in [9.17, 15) is 30.6 Å². The number of fused-ring (bicyclic) bond motifs is 2. The fourth-order valence-electron chi connectivity index (χ4n) is 7.80. The van der Waals surface area contributed by atoms with E-state index in [4.69, 9.17) is 4.79 Å². The van der Waals surface area contributed by atoms with Gasteiger partial charge in [0.05, 0.1) is 29.5 Å². The summed E-state index contributed by atoms with van der Waals surface area (Å²) in [7, 11) is 0. The summed E-state index contributed by atoms with van der Waals surface area (Å²) in [5.74, 6) is -1.34. The van der Waals surface area contributed by atoms with Crippen molar-refractivity contribution in [3.8, 4) is 0 Å². The summed E-state index contributed by atoms with van der Waals surface area (Å²) in [5.41, 5.74) is -5.91. The highest BCUT2D eigenvalue weighted by Gasteiger charge is 2.76. The zero-order valence-electron chi connectivity index (χ0n) is 18.2. The normalized spacial score (nSPS) is 57.8. The molecule has 10 atom stereocenters. The van der Waals surface area contributed by atoms with Crippen LogP contribution in [0.3, 0.4) is 0 Å². The summed E-state index contributed by atoms with van der Waals surface area (Å²) in [6.07, 6.45) is -0.257. The van der Waals surface area contributed by atoms with Crippen LogP contribution in [0.5, 0.6) is 0 Å². The number of rotatable bonds is 0. The molecule has 168 valence electrons. The van der Waals surface area contributed by atoms with Crippen molar-refractivity contribution in [2.45, 2.75) is 102 Å². The standard InChI is InChI=1S/C20H34O6.C2H4O/c1-16(2)13(21)7-12-18(4,25)11-6-5-10-15(23)19(11,9-17(10,3)24)8-14(22)20(12,16)26;1-2-3/h10-15,21-26H,5-9H2,1-4H3;2H,1H3/t10?,11-,12-,13-,14+,15+,17?,18+,19-,20-;/m0./s1. The molecule has 0 aliphatic heterocycles. The maximum Gasteiger partial charge on any atom is 0.116 e. The second-order valence-corrected chi connectivity index (χ2v) is 11.0. The maximum atomic E-state index is 11.7. The van der Waals surface area contributed by atoms with Crippen LogP contribution in [0.25, 0.3) is 0 Å². The molecule has 0 aromatic heterocycles. The molecule has 4 rings (SSSR count). The molecule has 2 unspecified atom stereocenters. The van der Waals surface area contributed by atoms with E-state index in [-0.39, 0.29) is 24.7 Å². The van der Waals surface area contributed by atoms with Gasteiger partial charge in [0.2, 0.25) is 0 Å². The van der Waals surface area contributed by atoms with E-state index in [2.05, 4.69) is 0 Å². The summed E-state index contributed by atoms with van der Waals surface area (Å²) < 4.78 is 0. The lowest BCUT2D eigenvalue weighted by Gasteiger charge is -2.51. The van der Waals surface area contributed by atoms with Crippen LogP contribution in [0.2, 0.25) is 0 Å². The topological polar surface area (TPSA) is 138 Å². The first-order valence-electron chi connectivity index (χ1n) is 10.8. The molecule has 4 saturated carbocycles. The highest BCUT2D eigenvalue weighted by Crippen LogP contribution is 2.69. The van der Waals surface area contributed by atoms with Gasteiger partial charge in [-0.1, -0.05) is 13.8 Å². The molecule has 0 amide bonds. The molecule has 0 saturated heterocycles. The molecular formula is C22H38O7.